The summed E-state index contributed by atoms with van der Waals surface area (Å²) in [7, 11) is 0. The number of aliphatic hydroxyl groups excluding tert-OH is 1. The van der Waals surface area contributed by atoms with Crippen molar-refractivity contribution in [2.75, 3.05) is 6.61 Å². The van der Waals surface area contributed by atoms with Gasteiger partial charge in [-0.15, -0.1) is 0 Å². The average molecular weight is 461 g/mol. The fourth-order valence-corrected chi connectivity index (χ4v) is 4.17. The average Bonchev–Trinajstić information content (AvgIpc) is 3.42. The van der Waals surface area contributed by atoms with Gasteiger partial charge < -0.3 is 19.2 Å². The summed E-state index contributed by atoms with van der Waals surface area (Å²) in [5, 5.41) is 11.4. The van der Waals surface area contributed by atoms with Gasteiger partial charge in [-0.1, -0.05) is 26.8 Å². The summed E-state index contributed by atoms with van der Waals surface area (Å²) in [5.41, 5.74) is 1.81. The number of hydrogen-bond donors (Lipinski definition) is 1. The minimum atomic E-state index is -0.861. The van der Waals surface area contributed by atoms with Crippen molar-refractivity contribution in [3.63, 3.8) is 0 Å². The van der Waals surface area contributed by atoms with Crippen LogP contribution in [0.25, 0.3) is 5.76 Å². The molecule has 0 spiro atoms. The van der Waals surface area contributed by atoms with Gasteiger partial charge in [-0.3, -0.25) is 14.6 Å². The summed E-state index contributed by atoms with van der Waals surface area (Å²) in [5.74, 6) is -0.595. The molecule has 3 aromatic rings. The number of ketones is 1. The summed E-state index contributed by atoms with van der Waals surface area (Å²) in [6.07, 6.45) is 4.76. The molecular formula is C27H28N2O5. The van der Waals surface area contributed by atoms with E-state index in [1.807, 2.05) is 39.8 Å². The number of furan rings is 1. The van der Waals surface area contributed by atoms with Gasteiger partial charge in [0.1, 0.15) is 23.3 Å². The summed E-state index contributed by atoms with van der Waals surface area (Å²) in [4.78, 5) is 31.8. The third-order valence-corrected chi connectivity index (χ3v) is 5.79. The Kier molecular flexibility index (Phi) is 6.28. The topological polar surface area (TPSA) is 92.9 Å². The van der Waals surface area contributed by atoms with E-state index in [4.69, 9.17) is 9.15 Å². The minimum Gasteiger partial charge on any atom is -0.507 e. The lowest BCUT2D eigenvalue weighted by Gasteiger charge is -2.24. The number of rotatable bonds is 6. The van der Waals surface area contributed by atoms with Crippen LogP contribution in [-0.2, 0) is 21.5 Å². The van der Waals surface area contributed by atoms with Crippen molar-refractivity contribution in [2.45, 2.75) is 45.7 Å². The van der Waals surface area contributed by atoms with Crippen LogP contribution in [0.1, 0.15) is 56.2 Å². The number of Topliss-reactive ketones (excluding diaryl/α,β-unsaturated/α-hetero) is 1. The van der Waals surface area contributed by atoms with Gasteiger partial charge in [-0.25, -0.2) is 0 Å². The molecule has 0 bridgehead atoms. The number of aliphatic hydroxyl groups is 1. The number of carbonyl (C=O) groups is 2. The second-order valence-corrected chi connectivity index (χ2v) is 9.20. The highest BCUT2D eigenvalue weighted by atomic mass is 16.5. The van der Waals surface area contributed by atoms with Crippen LogP contribution in [0.5, 0.6) is 5.75 Å². The highest BCUT2D eigenvalue weighted by Crippen LogP contribution is 2.41. The van der Waals surface area contributed by atoms with Gasteiger partial charge in [0.15, 0.2) is 0 Å². The van der Waals surface area contributed by atoms with Crippen molar-refractivity contribution >= 4 is 17.4 Å². The predicted molar refractivity (Wildman–Crippen MR) is 127 cm³/mol. The van der Waals surface area contributed by atoms with E-state index >= 15 is 0 Å². The molecule has 2 aromatic heterocycles. The Balaban J connectivity index is 1.85. The molecule has 0 saturated carbocycles. The van der Waals surface area contributed by atoms with Gasteiger partial charge in [-0.05, 0) is 54.3 Å². The highest BCUT2D eigenvalue weighted by Gasteiger charge is 2.47. The number of benzene rings is 1. The van der Waals surface area contributed by atoms with Crippen LogP contribution < -0.4 is 4.74 Å². The van der Waals surface area contributed by atoms with Crippen LogP contribution in [0.4, 0.5) is 0 Å². The molecule has 1 aromatic carbocycles. The number of aromatic nitrogens is 1. The molecule has 7 nitrogen and oxygen atoms in total. The summed E-state index contributed by atoms with van der Waals surface area (Å²) >= 11 is 0. The van der Waals surface area contributed by atoms with Gasteiger partial charge in [0.25, 0.3) is 11.7 Å². The van der Waals surface area contributed by atoms with Gasteiger partial charge >= 0.3 is 0 Å². The molecule has 1 saturated heterocycles. The van der Waals surface area contributed by atoms with E-state index in [1.165, 1.54) is 11.2 Å². The van der Waals surface area contributed by atoms with Crippen LogP contribution in [-0.4, -0.2) is 33.3 Å². The van der Waals surface area contributed by atoms with Crippen molar-refractivity contribution in [3.8, 4) is 5.75 Å². The summed E-state index contributed by atoms with van der Waals surface area (Å²) in [6, 6.07) is 11.4. The molecule has 34 heavy (non-hydrogen) atoms. The SMILES string of the molecule is CCOc1ccc(/C(O)=C2/C(=O)C(=O)N(Cc3cccnc3)C2c2ccco2)cc1C(C)(C)C. The monoisotopic (exact) mass is 460 g/mol. The summed E-state index contributed by atoms with van der Waals surface area (Å²) < 4.78 is 11.4. The van der Waals surface area contributed by atoms with Crippen LogP contribution in [0, 0.1) is 0 Å². The molecule has 1 fully saturated rings. The van der Waals surface area contributed by atoms with E-state index < -0.39 is 17.7 Å². The molecule has 3 heterocycles. The lowest BCUT2D eigenvalue weighted by molar-refractivity contribution is -0.140. The lowest BCUT2D eigenvalue weighted by atomic mass is 9.84. The zero-order valence-electron chi connectivity index (χ0n) is 19.7. The Hall–Kier alpha value is -3.87. The second-order valence-electron chi connectivity index (χ2n) is 9.20. The van der Waals surface area contributed by atoms with Gasteiger partial charge in [-0.2, -0.15) is 0 Å². The van der Waals surface area contributed by atoms with Gasteiger partial charge in [0, 0.05) is 30.1 Å². The normalized spacial score (nSPS) is 17.9. The third-order valence-electron chi connectivity index (χ3n) is 5.79. The number of amides is 1. The van der Waals surface area contributed by atoms with Crippen LogP contribution in [0.15, 0.2) is 71.1 Å². The maximum absolute atomic E-state index is 13.2. The first-order valence-corrected chi connectivity index (χ1v) is 11.2. The number of hydrogen-bond acceptors (Lipinski definition) is 6. The maximum atomic E-state index is 13.2. The number of nitrogens with zero attached hydrogens (tertiary/aromatic N) is 2. The van der Waals surface area contributed by atoms with Crippen molar-refractivity contribution in [1.82, 2.24) is 9.88 Å². The predicted octanol–water partition coefficient (Wildman–Crippen LogP) is 4.99. The first kappa shape index (κ1) is 23.3. The Bertz CT molecular complexity index is 1220. The highest BCUT2D eigenvalue weighted by molar-refractivity contribution is 6.46. The molecule has 1 aliphatic rings. The quantitative estimate of drug-likeness (QED) is 0.316. The van der Waals surface area contributed by atoms with E-state index in [9.17, 15) is 14.7 Å². The molecule has 7 heteroatoms. The van der Waals surface area contributed by atoms with Crippen molar-refractivity contribution in [3.05, 3.63) is 89.1 Å². The Morgan fingerprint density at radius 3 is 2.59 bits per heavy atom. The van der Waals surface area contributed by atoms with Crippen LogP contribution >= 0.6 is 0 Å². The number of likely N-dealkylation sites (tertiary alicyclic amines) is 1. The molecule has 176 valence electrons. The molecule has 1 N–H and O–H groups in total. The smallest absolute Gasteiger partial charge is 0.296 e. The van der Waals surface area contributed by atoms with Crippen molar-refractivity contribution < 1.29 is 23.8 Å². The molecular weight excluding hydrogens is 432 g/mol. The van der Waals surface area contributed by atoms with E-state index in [0.29, 0.717) is 23.7 Å². The first-order valence-electron chi connectivity index (χ1n) is 11.2. The van der Waals surface area contributed by atoms with Crippen LogP contribution in [0.2, 0.25) is 0 Å². The standard InChI is InChI=1S/C27H28N2O5/c1-5-33-20-11-10-18(14-19(20)27(2,3)4)24(30)22-23(21-9-7-13-34-21)29(26(32)25(22)31)16-17-8-6-12-28-15-17/h6-15,23,30H,5,16H2,1-4H3/b24-22-. The lowest BCUT2D eigenvalue weighted by Crippen LogP contribution is -2.29. The number of pyridine rings is 1. The molecule has 1 amide bonds. The molecule has 0 aliphatic carbocycles. The van der Waals surface area contributed by atoms with Crippen molar-refractivity contribution in [1.29, 1.82) is 0 Å². The molecule has 1 aliphatic heterocycles. The van der Waals surface area contributed by atoms with Crippen molar-refractivity contribution in [2.24, 2.45) is 0 Å². The van der Waals surface area contributed by atoms with E-state index in [1.54, 1.807) is 42.7 Å². The molecule has 1 atom stereocenters. The van der Waals surface area contributed by atoms with Gasteiger partial charge in [0.05, 0.1) is 18.4 Å². The van der Waals surface area contributed by atoms with E-state index in [2.05, 4.69) is 4.98 Å². The molecule has 1 unspecified atom stereocenters. The van der Waals surface area contributed by atoms with Gasteiger partial charge in [0.2, 0.25) is 0 Å². The molecule has 0 radical (unpaired) electrons. The zero-order valence-corrected chi connectivity index (χ0v) is 19.7. The van der Waals surface area contributed by atoms with Crippen LogP contribution in [0.3, 0.4) is 0 Å². The maximum Gasteiger partial charge on any atom is 0.296 e. The fourth-order valence-electron chi connectivity index (χ4n) is 4.17. The zero-order chi connectivity index (χ0) is 24.5. The minimum absolute atomic E-state index is 0.00661. The molecule has 4 rings (SSSR count). The Labute approximate surface area is 198 Å². The van der Waals surface area contributed by atoms with E-state index in [-0.39, 0.29) is 23.3 Å². The third kappa shape index (κ3) is 4.33. The fraction of sp³-hybridized carbons (Fsp3) is 0.296. The second kappa shape index (κ2) is 9.17. The Morgan fingerprint density at radius 1 is 1.18 bits per heavy atom. The van der Waals surface area contributed by atoms with E-state index in [0.717, 1.165) is 11.1 Å². The summed E-state index contributed by atoms with van der Waals surface area (Å²) in [6.45, 7) is 8.70. The number of ether oxygens (including phenoxy) is 1. The largest absolute Gasteiger partial charge is 0.507 e. The number of carbonyl (C=O) groups excluding carboxylic acids is 2. The first-order chi connectivity index (χ1) is 16.2. The Morgan fingerprint density at radius 2 is 1.97 bits per heavy atom.